The SMILES string of the molecule is COc1ccc(C#CC(N)C(C)C)s1. The molecule has 0 spiro atoms. The summed E-state index contributed by atoms with van der Waals surface area (Å²) in [6, 6.07) is 3.81. The maximum atomic E-state index is 5.80. The molecule has 2 nitrogen and oxygen atoms in total. The lowest BCUT2D eigenvalue weighted by molar-refractivity contribution is 0.427. The maximum absolute atomic E-state index is 5.80. The number of ether oxygens (including phenoxy) is 1. The summed E-state index contributed by atoms with van der Waals surface area (Å²) in [5.41, 5.74) is 5.80. The Hall–Kier alpha value is -0.980. The van der Waals surface area contributed by atoms with Crippen molar-refractivity contribution >= 4 is 11.3 Å². The lowest BCUT2D eigenvalue weighted by Gasteiger charge is -2.06. The summed E-state index contributed by atoms with van der Waals surface area (Å²) in [5, 5.41) is 0.882. The molecule has 0 saturated heterocycles. The van der Waals surface area contributed by atoms with Crippen LogP contribution in [0.5, 0.6) is 5.06 Å². The third-order valence-corrected chi connectivity index (χ3v) is 2.82. The average Bonchev–Trinajstić information content (AvgIpc) is 2.61. The third-order valence-electron chi connectivity index (χ3n) is 1.86. The quantitative estimate of drug-likeness (QED) is 0.757. The summed E-state index contributed by atoms with van der Waals surface area (Å²) in [5.74, 6) is 6.46. The summed E-state index contributed by atoms with van der Waals surface area (Å²) in [4.78, 5) is 0.998. The van der Waals surface area contributed by atoms with Crippen molar-refractivity contribution < 1.29 is 4.74 Å². The second kappa shape index (κ2) is 5.04. The van der Waals surface area contributed by atoms with Crippen LogP contribution in [0, 0.1) is 17.8 Å². The van der Waals surface area contributed by atoms with Crippen molar-refractivity contribution in [3.63, 3.8) is 0 Å². The van der Waals surface area contributed by atoms with Crippen molar-refractivity contribution in [2.45, 2.75) is 19.9 Å². The van der Waals surface area contributed by atoms with Crippen LogP contribution in [-0.4, -0.2) is 13.2 Å². The van der Waals surface area contributed by atoms with Crippen molar-refractivity contribution in [1.82, 2.24) is 0 Å². The summed E-state index contributed by atoms with van der Waals surface area (Å²) in [6.07, 6.45) is 0. The fourth-order valence-corrected chi connectivity index (χ4v) is 1.50. The van der Waals surface area contributed by atoms with E-state index in [2.05, 4.69) is 25.7 Å². The van der Waals surface area contributed by atoms with Gasteiger partial charge in [0.05, 0.1) is 18.0 Å². The number of thiophene rings is 1. The number of rotatable bonds is 2. The zero-order valence-electron chi connectivity index (χ0n) is 8.70. The predicted octanol–water partition coefficient (Wildman–Crippen LogP) is 2.09. The van der Waals surface area contributed by atoms with Gasteiger partial charge in [-0.3, -0.25) is 0 Å². The van der Waals surface area contributed by atoms with E-state index in [0.29, 0.717) is 5.92 Å². The van der Waals surface area contributed by atoms with E-state index < -0.39 is 0 Å². The second-order valence-electron chi connectivity index (χ2n) is 3.36. The van der Waals surface area contributed by atoms with Gasteiger partial charge < -0.3 is 10.5 Å². The minimum Gasteiger partial charge on any atom is -0.487 e. The summed E-state index contributed by atoms with van der Waals surface area (Å²) < 4.78 is 5.07. The standard InChI is InChI=1S/C11H15NOS/c1-8(2)10(12)6-4-9-5-7-11(13-3)14-9/h5,7-8,10H,12H2,1-3H3. The Kier molecular flexibility index (Phi) is 3.99. The van der Waals surface area contributed by atoms with Gasteiger partial charge in [-0.2, -0.15) is 0 Å². The van der Waals surface area contributed by atoms with Gasteiger partial charge in [-0.15, -0.1) is 0 Å². The van der Waals surface area contributed by atoms with E-state index in [9.17, 15) is 0 Å². The maximum Gasteiger partial charge on any atom is 0.174 e. The van der Waals surface area contributed by atoms with Crippen LogP contribution in [0.3, 0.4) is 0 Å². The van der Waals surface area contributed by atoms with E-state index in [1.54, 1.807) is 7.11 Å². The van der Waals surface area contributed by atoms with Crippen LogP contribution >= 0.6 is 11.3 Å². The van der Waals surface area contributed by atoms with Crippen molar-refractivity contribution in [3.05, 3.63) is 17.0 Å². The molecular weight excluding hydrogens is 194 g/mol. The van der Waals surface area contributed by atoms with E-state index in [1.807, 2.05) is 12.1 Å². The average molecular weight is 209 g/mol. The fourth-order valence-electron chi connectivity index (χ4n) is 0.818. The van der Waals surface area contributed by atoms with Gasteiger partial charge in [0, 0.05) is 0 Å². The second-order valence-corrected chi connectivity index (χ2v) is 4.41. The molecule has 1 aromatic heterocycles. The molecule has 0 bridgehead atoms. The highest BCUT2D eigenvalue weighted by Crippen LogP contribution is 2.22. The molecule has 0 aliphatic heterocycles. The minimum absolute atomic E-state index is 0.0527. The van der Waals surface area contributed by atoms with E-state index in [-0.39, 0.29) is 6.04 Å². The fraction of sp³-hybridized carbons (Fsp3) is 0.455. The molecule has 3 heteroatoms. The highest BCUT2D eigenvalue weighted by molar-refractivity contribution is 7.14. The van der Waals surface area contributed by atoms with Crippen LogP contribution < -0.4 is 10.5 Å². The molecule has 0 saturated carbocycles. The predicted molar refractivity (Wildman–Crippen MR) is 60.6 cm³/mol. The number of nitrogens with two attached hydrogens (primary N) is 1. The summed E-state index contributed by atoms with van der Waals surface area (Å²) >= 11 is 1.54. The molecule has 1 heterocycles. The van der Waals surface area contributed by atoms with Gasteiger partial charge in [-0.25, -0.2) is 0 Å². The highest BCUT2D eigenvalue weighted by Gasteiger charge is 2.02. The van der Waals surface area contributed by atoms with Crippen LogP contribution in [0.15, 0.2) is 12.1 Å². The van der Waals surface area contributed by atoms with E-state index in [1.165, 1.54) is 11.3 Å². The Labute approximate surface area is 89.1 Å². The van der Waals surface area contributed by atoms with Crippen molar-refractivity contribution in [3.8, 4) is 16.9 Å². The molecule has 0 amide bonds. The Bertz CT molecular complexity index is 346. The first-order valence-electron chi connectivity index (χ1n) is 4.54. The molecule has 1 unspecified atom stereocenters. The van der Waals surface area contributed by atoms with Crippen LogP contribution in [0.4, 0.5) is 0 Å². The van der Waals surface area contributed by atoms with E-state index in [4.69, 9.17) is 10.5 Å². The molecule has 0 aliphatic carbocycles. The van der Waals surface area contributed by atoms with Gasteiger partial charge in [0.2, 0.25) is 0 Å². The van der Waals surface area contributed by atoms with Gasteiger partial charge in [-0.1, -0.05) is 37.0 Å². The lowest BCUT2D eigenvalue weighted by atomic mass is 10.1. The molecular formula is C11H15NOS. The first kappa shape index (κ1) is 11.1. The molecule has 1 rings (SSSR count). The monoisotopic (exact) mass is 209 g/mol. The first-order chi connectivity index (χ1) is 6.63. The topological polar surface area (TPSA) is 35.2 Å². The zero-order chi connectivity index (χ0) is 10.6. The molecule has 2 N–H and O–H groups in total. The normalized spacial score (nSPS) is 12.1. The van der Waals surface area contributed by atoms with Crippen molar-refractivity contribution in [1.29, 1.82) is 0 Å². The zero-order valence-corrected chi connectivity index (χ0v) is 9.52. The molecule has 14 heavy (non-hydrogen) atoms. The lowest BCUT2D eigenvalue weighted by Crippen LogP contribution is -2.23. The Morgan fingerprint density at radius 3 is 2.64 bits per heavy atom. The largest absolute Gasteiger partial charge is 0.487 e. The first-order valence-corrected chi connectivity index (χ1v) is 5.36. The van der Waals surface area contributed by atoms with Gasteiger partial charge in [-0.05, 0) is 18.1 Å². The highest BCUT2D eigenvalue weighted by atomic mass is 32.1. The molecule has 1 atom stereocenters. The summed E-state index contributed by atoms with van der Waals surface area (Å²) in [7, 11) is 1.66. The summed E-state index contributed by atoms with van der Waals surface area (Å²) in [6.45, 7) is 4.13. The van der Waals surface area contributed by atoms with Crippen LogP contribution in [-0.2, 0) is 0 Å². The Morgan fingerprint density at radius 1 is 1.43 bits per heavy atom. The molecule has 0 radical (unpaired) electrons. The van der Waals surface area contributed by atoms with Crippen LogP contribution in [0.25, 0.3) is 0 Å². The van der Waals surface area contributed by atoms with Crippen LogP contribution in [0.1, 0.15) is 18.7 Å². The van der Waals surface area contributed by atoms with Gasteiger partial charge in [0.15, 0.2) is 5.06 Å². The Balaban J connectivity index is 2.67. The number of methoxy groups -OCH3 is 1. The molecule has 76 valence electrons. The smallest absolute Gasteiger partial charge is 0.174 e. The molecule has 0 aromatic carbocycles. The molecule has 1 aromatic rings. The Morgan fingerprint density at radius 2 is 2.14 bits per heavy atom. The molecule has 0 fully saturated rings. The van der Waals surface area contributed by atoms with E-state index in [0.717, 1.165) is 9.94 Å². The van der Waals surface area contributed by atoms with Crippen molar-refractivity contribution in [2.24, 2.45) is 11.7 Å². The van der Waals surface area contributed by atoms with Crippen molar-refractivity contribution in [2.75, 3.05) is 7.11 Å². The number of hydrogen-bond acceptors (Lipinski definition) is 3. The van der Waals surface area contributed by atoms with Gasteiger partial charge in [0.25, 0.3) is 0 Å². The van der Waals surface area contributed by atoms with Crippen LogP contribution in [0.2, 0.25) is 0 Å². The molecule has 0 aliphatic rings. The van der Waals surface area contributed by atoms with E-state index >= 15 is 0 Å². The van der Waals surface area contributed by atoms with Gasteiger partial charge >= 0.3 is 0 Å². The third kappa shape index (κ3) is 3.06. The number of hydrogen-bond donors (Lipinski definition) is 1. The van der Waals surface area contributed by atoms with Gasteiger partial charge in [0.1, 0.15) is 0 Å². The minimum atomic E-state index is -0.0527.